The highest BCUT2D eigenvalue weighted by molar-refractivity contribution is 5.69. The highest BCUT2D eigenvalue weighted by Crippen LogP contribution is 2.55. The third kappa shape index (κ3) is 5.27. The molecule has 2 aromatic rings. The average Bonchev–Trinajstić information content (AvgIpc) is 3.00. The van der Waals surface area contributed by atoms with Crippen LogP contribution in [-0.2, 0) is 6.42 Å². The van der Waals surface area contributed by atoms with Gasteiger partial charge in [0.25, 0.3) is 0 Å². The number of allylic oxidation sites excluding steroid dienone is 3. The van der Waals surface area contributed by atoms with Crippen LogP contribution < -0.4 is 11.1 Å². The number of dihydropyridines is 1. The maximum absolute atomic E-state index is 13.3. The summed E-state index contributed by atoms with van der Waals surface area (Å²) in [6, 6.07) is 12.4. The fourth-order valence-corrected chi connectivity index (χ4v) is 6.14. The number of aliphatic hydroxyl groups is 1. The lowest BCUT2D eigenvalue weighted by atomic mass is 9.58. The number of benzene rings is 1. The Kier molecular flexibility index (Phi) is 7.56. The minimum Gasteiger partial charge on any atom is -0.397 e. The predicted octanol–water partition coefficient (Wildman–Crippen LogP) is 6.40. The first-order chi connectivity index (χ1) is 17.5. The number of aromatic nitrogens is 1. The fraction of sp³-hybridized carbons (Fsp3) is 0.452. The first-order valence-electron chi connectivity index (χ1n) is 13.6. The van der Waals surface area contributed by atoms with E-state index in [-0.39, 0.29) is 17.3 Å². The molecule has 0 saturated heterocycles. The van der Waals surface area contributed by atoms with Crippen LogP contribution in [-0.4, -0.2) is 16.2 Å². The minimum atomic E-state index is -0.269. The zero-order valence-corrected chi connectivity index (χ0v) is 21.1. The zero-order chi connectivity index (χ0) is 25.0. The van der Waals surface area contributed by atoms with Crippen LogP contribution in [0.5, 0.6) is 0 Å². The molecule has 3 saturated carbocycles. The van der Waals surface area contributed by atoms with E-state index in [9.17, 15) is 9.50 Å². The number of halogens is 1. The molecule has 2 heterocycles. The molecule has 4 aliphatic rings. The Labute approximate surface area is 214 Å². The summed E-state index contributed by atoms with van der Waals surface area (Å²) >= 11 is 0. The second kappa shape index (κ2) is 11.0. The SMILES string of the molecule is C1CCC1.N/C(=C1/C=C2CCCC3CC(O)CC[C@@]3(Cc3ccccn3)C2=CN1)c1ccc(F)cc1. The monoisotopic (exact) mass is 487 g/mol. The maximum atomic E-state index is 13.3. The summed E-state index contributed by atoms with van der Waals surface area (Å²) in [6.45, 7) is 0. The van der Waals surface area contributed by atoms with Gasteiger partial charge in [-0.1, -0.05) is 31.7 Å². The van der Waals surface area contributed by atoms with Gasteiger partial charge in [0.1, 0.15) is 5.82 Å². The van der Waals surface area contributed by atoms with Gasteiger partial charge in [-0.2, -0.15) is 0 Å². The van der Waals surface area contributed by atoms with Crippen molar-refractivity contribution in [2.75, 3.05) is 0 Å². The number of aliphatic hydroxyl groups excluding tert-OH is 1. The summed E-state index contributed by atoms with van der Waals surface area (Å²) in [5.41, 5.74) is 12.5. The molecule has 0 spiro atoms. The number of rotatable bonds is 3. The van der Waals surface area contributed by atoms with E-state index in [1.165, 1.54) is 49.0 Å². The lowest BCUT2D eigenvalue weighted by molar-refractivity contribution is 0.0269. The highest BCUT2D eigenvalue weighted by Gasteiger charge is 2.48. The van der Waals surface area contributed by atoms with Crippen LogP contribution in [0.3, 0.4) is 0 Å². The first-order valence-corrected chi connectivity index (χ1v) is 13.6. The number of fused-ring (bicyclic) bond motifs is 3. The van der Waals surface area contributed by atoms with E-state index < -0.39 is 0 Å². The van der Waals surface area contributed by atoms with Gasteiger partial charge in [0.2, 0.25) is 0 Å². The molecule has 3 aliphatic carbocycles. The topological polar surface area (TPSA) is 71.2 Å². The Morgan fingerprint density at radius 2 is 1.83 bits per heavy atom. The molecule has 0 radical (unpaired) electrons. The van der Waals surface area contributed by atoms with Crippen LogP contribution in [0.25, 0.3) is 5.70 Å². The number of hydrogen-bond acceptors (Lipinski definition) is 4. The molecule has 5 heteroatoms. The second-order valence-corrected chi connectivity index (χ2v) is 10.8. The molecular weight excluding hydrogens is 449 g/mol. The van der Waals surface area contributed by atoms with Gasteiger partial charge in [0, 0.05) is 23.5 Å². The number of nitrogens with one attached hydrogen (secondary N) is 1. The summed E-state index contributed by atoms with van der Waals surface area (Å²) in [6.07, 6.45) is 18.6. The van der Waals surface area contributed by atoms with Crippen LogP contribution in [0.4, 0.5) is 4.39 Å². The van der Waals surface area contributed by atoms with E-state index in [0.717, 1.165) is 61.9 Å². The molecule has 6 rings (SSSR count). The van der Waals surface area contributed by atoms with Crippen LogP contribution in [0.15, 0.2) is 77.8 Å². The van der Waals surface area contributed by atoms with Crippen molar-refractivity contribution in [3.8, 4) is 0 Å². The summed E-state index contributed by atoms with van der Waals surface area (Å²) in [5, 5.41) is 13.9. The van der Waals surface area contributed by atoms with Gasteiger partial charge >= 0.3 is 0 Å². The lowest BCUT2D eigenvalue weighted by Crippen LogP contribution is -2.42. The van der Waals surface area contributed by atoms with Gasteiger partial charge in [-0.3, -0.25) is 4.98 Å². The average molecular weight is 488 g/mol. The molecule has 3 atom stereocenters. The predicted molar refractivity (Wildman–Crippen MR) is 143 cm³/mol. The number of hydrogen-bond donors (Lipinski definition) is 3. The Hall–Kier alpha value is -2.92. The van der Waals surface area contributed by atoms with Crippen molar-refractivity contribution in [2.45, 2.75) is 76.7 Å². The van der Waals surface area contributed by atoms with E-state index >= 15 is 0 Å². The van der Waals surface area contributed by atoms with E-state index in [1.807, 2.05) is 12.3 Å². The van der Waals surface area contributed by atoms with Gasteiger partial charge in [0.15, 0.2) is 0 Å². The van der Waals surface area contributed by atoms with Crippen molar-refractivity contribution in [3.05, 3.63) is 94.9 Å². The van der Waals surface area contributed by atoms with Gasteiger partial charge in [-0.05, 0) is 110 Å². The molecule has 190 valence electrons. The van der Waals surface area contributed by atoms with Gasteiger partial charge < -0.3 is 16.2 Å². The maximum Gasteiger partial charge on any atom is 0.123 e. The van der Waals surface area contributed by atoms with Gasteiger partial charge in [-0.15, -0.1) is 0 Å². The van der Waals surface area contributed by atoms with E-state index in [4.69, 9.17) is 5.73 Å². The first kappa shape index (κ1) is 24.8. The van der Waals surface area contributed by atoms with Crippen LogP contribution in [0.2, 0.25) is 0 Å². The Morgan fingerprint density at radius 3 is 2.53 bits per heavy atom. The van der Waals surface area contributed by atoms with Crippen molar-refractivity contribution in [2.24, 2.45) is 17.1 Å². The molecule has 0 amide bonds. The summed E-state index contributed by atoms with van der Waals surface area (Å²) in [7, 11) is 0. The Bertz CT molecular complexity index is 1130. The Balaban J connectivity index is 0.000000608. The van der Waals surface area contributed by atoms with Crippen molar-refractivity contribution >= 4 is 5.70 Å². The third-order valence-corrected chi connectivity index (χ3v) is 8.50. The largest absolute Gasteiger partial charge is 0.397 e. The standard InChI is InChI=1S/C27H30FN3O.C4H8/c28-21-9-7-18(8-10-21)26(29)25-14-19-4-3-5-20-15-23(32)11-12-27(20,24(19)17-31-25)16-22-6-1-2-13-30-22;1-2-4-3-1/h1-2,6-10,13-14,17,20,23,31-32H,3-5,11-12,15-16,29H2;1-4H2/b26-25-;/t20?,23?,27-;/m0./s1. The summed E-state index contributed by atoms with van der Waals surface area (Å²) < 4.78 is 13.3. The molecule has 36 heavy (non-hydrogen) atoms. The molecule has 2 unspecified atom stereocenters. The molecule has 4 nitrogen and oxygen atoms in total. The van der Waals surface area contributed by atoms with Crippen LogP contribution >= 0.6 is 0 Å². The van der Waals surface area contributed by atoms with Crippen LogP contribution in [0, 0.1) is 17.2 Å². The third-order valence-electron chi connectivity index (χ3n) is 8.50. The highest BCUT2D eigenvalue weighted by atomic mass is 19.1. The number of nitrogens with zero attached hydrogens (tertiary/aromatic N) is 1. The molecule has 3 fully saturated rings. The van der Waals surface area contributed by atoms with E-state index in [2.05, 4.69) is 34.7 Å². The smallest absolute Gasteiger partial charge is 0.123 e. The van der Waals surface area contributed by atoms with Crippen molar-refractivity contribution in [1.29, 1.82) is 0 Å². The molecule has 1 aromatic heterocycles. The zero-order valence-electron chi connectivity index (χ0n) is 21.1. The molecule has 1 aromatic carbocycles. The molecule has 4 N–H and O–H groups in total. The van der Waals surface area contributed by atoms with Crippen LogP contribution in [0.1, 0.15) is 75.5 Å². The summed E-state index contributed by atoms with van der Waals surface area (Å²) in [4.78, 5) is 4.65. The molecule has 1 aliphatic heterocycles. The Morgan fingerprint density at radius 1 is 1.06 bits per heavy atom. The summed E-state index contributed by atoms with van der Waals surface area (Å²) in [5.74, 6) is 0.154. The lowest BCUT2D eigenvalue weighted by Gasteiger charge is -2.47. The number of pyridine rings is 1. The van der Waals surface area contributed by atoms with Gasteiger partial charge in [0.05, 0.1) is 17.5 Å². The number of nitrogens with two attached hydrogens (primary N) is 1. The minimum absolute atomic E-state index is 0.0426. The van der Waals surface area contributed by atoms with Crippen molar-refractivity contribution in [3.63, 3.8) is 0 Å². The van der Waals surface area contributed by atoms with Gasteiger partial charge in [-0.25, -0.2) is 4.39 Å². The second-order valence-electron chi connectivity index (χ2n) is 10.8. The normalized spacial score (nSPS) is 28.4. The molecular formula is C31H38FN3O. The van der Waals surface area contributed by atoms with E-state index in [1.54, 1.807) is 12.1 Å². The van der Waals surface area contributed by atoms with Crippen molar-refractivity contribution in [1.82, 2.24) is 10.3 Å². The van der Waals surface area contributed by atoms with E-state index in [0.29, 0.717) is 11.6 Å². The quantitative estimate of drug-likeness (QED) is 0.469. The fourth-order valence-electron chi connectivity index (χ4n) is 6.14. The van der Waals surface area contributed by atoms with Crippen molar-refractivity contribution < 1.29 is 9.50 Å². The molecule has 0 bridgehead atoms.